The zero-order valence-corrected chi connectivity index (χ0v) is 18.9. The van der Waals surface area contributed by atoms with Crippen LogP contribution in [-0.4, -0.2) is 61.8 Å². The lowest BCUT2D eigenvalue weighted by Gasteiger charge is -2.36. The SMILES string of the molecule is COC(=O)c1ccc(C(=O)Nc2ccc(N3CCN(C(=O)OC(C)(C)C)CC3)cc2)cc1. The molecule has 0 spiro atoms. The highest BCUT2D eigenvalue weighted by Crippen LogP contribution is 2.21. The van der Waals surface area contributed by atoms with E-state index in [9.17, 15) is 14.4 Å². The Morgan fingerprint density at radius 3 is 1.94 bits per heavy atom. The Balaban J connectivity index is 1.54. The molecular formula is C24H29N3O5. The fourth-order valence-electron chi connectivity index (χ4n) is 3.31. The maximum atomic E-state index is 12.5. The van der Waals surface area contributed by atoms with E-state index in [1.54, 1.807) is 29.2 Å². The molecule has 0 bridgehead atoms. The molecule has 8 heteroatoms. The third-order valence-electron chi connectivity index (χ3n) is 4.99. The quantitative estimate of drug-likeness (QED) is 0.730. The van der Waals surface area contributed by atoms with Crippen molar-refractivity contribution in [3.63, 3.8) is 0 Å². The van der Waals surface area contributed by atoms with Gasteiger partial charge in [0.1, 0.15) is 5.60 Å². The average molecular weight is 440 g/mol. The lowest BCUT2D eigenvalue weighted by molar-refractivity contribution is 0.0240. The molecule has 170 valence electrons. The smallest absolute Gasteiger partial charge is 0.410 e. The van der Waals surface area contributed by atoms with Gasteiger partial charge in [-0.05, 0) is 69.3 Å². The Labute approximate surface area is 188 Å². The van der Waals surface area contributed by atoms with Crippen LogP contribution in [-0.2, 0) is 9.47 Å². The van der Waals surface area contributed by atoms with E-state index in [2.05, 4.69) is 15.0 Å². The lowest BCUT2D eigenvalue weighted by Crippen LogP contribution is -2.50. The summed E-state index contributed by atoms with van der Waals surface area (Å²) in [6, 6.07) is 13.9. The summed E-state index contributed by atoms with van der Waals surface area (Å²) in [6.07, 6.45) is -0.283. The predicted octanol–water partition coefficient (Wildman–Crippen LogP) is 3.78. The predicted molar refractivity (Wildman–Crippen MR) is 122 cm³/mol. The molecule has 1 aliphatic rings. The summed E-state index contributed by atoms with van der Waals surface area (Å²) < 4.78 is 10.1. The summed E-state index contributed by atoms with van der Waals surface area (Å²) in [5.74, 6) is -0.709. The van der Waals surface area contributed by atoms with Gasteiger partial charge in [0.2, 0.25) is 0 Å². The highest BCUT2D eigenvalue weighted by molar-refractivity contribution is 6.04. The van der Waals surface area contributed by atoms with E-state index in [1.807, 2.05) is 45.0 Å². The number of rotatable bonds is 4. The van der Waals surface area contributed by atoms with Gasteiger partial charge < -0.3 is 24.6 Å². The Bertz CT molecular complexity index is 957. The summed E-state index contributed by atoms with van der Waals surface area (Å²) in [4.78, 5) is 40.1. The highest BCUT2D eigenvalue weighted by Gasteiger charge is 2.26. The number of nitrogens with zero attached hydrogens (tertiary/aromatic N) is 2. The Morgan fingerprint density at radius 2 is 1.41 bits per heavy atom. The van der Waals surface area contributed by atoms with Crippen molar-refractivity contribution in [2.24, 2.45) is 0 Å². The van der Waals surface area contributed by atoms with E-state index >= 15 is 0 Å². The molecule has 1 N–H and O–H groups in total. The molecule has 0 saturated carbocycles. The van der Waals surface area contributed by atoms with Crippen LogP contribution >= 0.6 is 0 Å². The van der Waals surface area contributed by atoms with Crippen LogP contribution in [0.1, 0.15) is 41.5 Å². The van der Waals surface area contributed by atoms with Gasteiger partial charge >= 0.3 is 12.1 Å². The van der Waals surface area contributed by atoms with E-state index in [4.69, 9.17) is 4.74 Å². The molecule has 0 unspecified atom stereocenters. The van der Waals surface area contributed by atoms with Gasteiger partial charge in [0.25, 0.3) is 5.91 Å². The molecule has 8 nitrogen and oxygen atoms in total. The minimum absolute atomic E-state index is 0.264. The van der Waals surface area contributed by atoms with Crippen molar-refractivity contribution < 1.29 is 23.9 Å². The molecule has 0 radical (unpaired) electrons. The van der Waals surface area contributed by atoms with Crippen molar-refractivity contribution in [3.8, 4) is 0 Å². The minimum Gasteiger partial charge on any atom is -0.465 e. The number of amides is 2. The lowest BCUT2D eigenvalue weighted by atomic mass is 10.1. The number of carbonyl (C=O) groups is 3. The van der Waals surface area contributed by atoms with Crippen LogP contribution in [0.15, 0.2) is 48.5 Å². The van der Waals surface area contributed by atoms with Crippen molar-refractivity contribution in [3.05, 3.63) is 59.7 Å². The number of methoxy groups -OCH3 is 1. The first-order valence-electron chi connectivity index (χ1n) is 10.5. The minimum atomic E-state index is -0.502. The molecule has 1 fully saturated rings. The second-order valence-corrected chi connectivity index (χ2v) is 8.52. The fraction of sp³-hybridized carbons (Fsp3) is 0.375. The molecular weight excluding hydrogens is 410 g/mol. The Kier molecular flexibility index (Phi) is 7.02. The number of esters is 1. The monoisotopic (exact) mass is 439 g/mol. The number of anilines is 2. The molecule has 2 aromatic carbocycles. The van der Waals surface area contributed by atoms with Gasteiger partial charge in [0, 0.05) is 43.1 Å². The van der Waals surface area contributed by atoms with Crippen LogP contribution in [0.3, 0.4) is 0 Å². The van der Waals surface area contributed by atoms with Crippen LogP contribution in [0.25, 0.3) is 0 Å². The second-order valence-electron chi connectivity index (χ2n) is 8.52. The van der Waals surface area contributed by atoms with Crippen molar-refractivity contribution in [1.29, 1.82) is 0 Å². The standard InChI is InChI=1S/C24H29N3O5/c1-24(2,3)32-23(30)27-15-13-26(14-16-27)20-11-9-19(10-12-20)25-21(28)17-5-7-18(8-6-17)22(29)31-4/h5-12H,13-16H2,1-4H3,(H,25,28). The maximum Gasteiger partial charge on any atom is 0.410 e. The van der Waals surface area contributed by atoms with E-state index in [0.717, 1.165) is 5.69 Å². The molecule has 0 aliphatic carbocycles. The van der Waals surface area contributed by atoms with Crippen molar-refractivity contribution in [2.45, 2.75) is 26.4 Å². The van der Waals surface area contributed by atoms with Gasteiger partial charge in [-0.3, -0.25) is 4.79 Å². The molecule has 1 saturated heterocycles. The normalized spacial score (nSPS) is 14.0. The number of hydrogen-bond donors (Lipinski definition) is 1. The summed E-state index contributed by atoms with van der Waals surface area (Å²) in [7, 11) is 1.31. The molecule has 32 heavy (non-hydrogen) atoms. The molecule has 0 aromatic heterocycles. The van der Waals surface area contributed by atoms with Crippen LogP contribution in [0.4, 0.5) is 16.2 Å². The number of ether oxygens (including phenoxy) is 2. The molecule has 2 amide bonds. The molecule has 1 heterocycles. The van der Waals surface area contributed by atoms with Gasteiger partial charge in [-0.15, -0.1) is 0 Å². The molecule has 3 rings (SSSR count). The Morgan fingerprint density at radius 1 is 0.844 bits per heavy atom. The van der Waals surface area contributed by atoms with Gasteiger partial charge in [0.15, 0.2) is 0 Å². The summed E-state index contributed by atoms with van der Waals surface area (Å²) in [5, 5.41) is 2.85. The van der Waals surface area contributed by atoms with E-state index in [-0.39, 0.29) is 12.0 Å². The van der Waals surface area contributed by atoms with Gasteiger partial charge in [0.05, 0.1) is 12.7 Å². The summed E-state index contributed by atoms with van der Waals surface area (Å²) in [6.45, 7) is 8.18. The first-order valence-corrected chi connectivity index (χ1v) is 10.5. The fourth-order valence-corrected chi connectivity index (χ4v) is 3.31. The van der Waals surface area contributed by atoms with E-state index in [0.29, 0.717) is 43.0 Å². The molecule has 0 atom stereocenters. The van der Waals surface area contributed by atoms with Gasteiger partial charge in [-0.1, -0.05) is 0 Å². The zero-order chi connectivity index (χ0) is 23.3. The van der Waals surface area contributed by atoms with Crippen molar-refractivity contribution in [1.82, 2.24) is 4.90 Å². The number of carbonyl (C=O) groups excluding carboxylic acids is 3. The number of hydrogen-bond acceptors (Lipinski definition) is 6. The van der Waals surface area contributed by atoms with Crippen LogP contribution < -0.4 is 10.2 Å². The molecule has 1 aliphatic heterocycles. The van der Waals surface area contributed by atoms with E-state index < -0.39 is 11.6 Å². The maximum absolute atomic E-state index is 12.5. The average Bonchev–Trinajstić information content (AvgIpc) is 2.78. The number of nitrogens with one attached hydrogen (secondary N) is 1. The van der Waals surface area contributed by atoms with Crippen molar-refractivity contribution >= 4 is 29.3 Å². The van der Waals surface area contributed by atoms with Gasteiger partial charge in [-0.25, -0.2) is 9.59 Å². The summed E-state index contributed by atoms with van der Waals surface area (Å²) in [5.41, 5.74) is 2.02. The molecule has 2 aromatic rings. The van der Waals surface area contributed by atoms with Gasteiger partial charge in [-0.2, -0.15) is 0 Å². The van der Waals surface area contributed by atoms with Crippen molar-refractivity contribution in [2.75, 3.05) is 43.5 Å². The largest absolute Gasteiger partial charge is 0.465 e. The van der Waals surface area contributed by atoms with E-state index in [1.165, 1.54) is 7.11 Å². The third kappa shape index (κ3) is 6.00. The van der Waals surface area contributed by atoms with Crippen LogP contribution in [0.2, 0.25) is 0 Å². The Hall–Kier alpha value is -3.55. The first kappa shape index (κ1) is 23.1. The number of benzene rings is 2. The second kappa shape index (κ2) is 9.72. The first-order chi connectivity index (χ1) is 15.2. The topological polar surface area (TPSA) is 88.2 Å². The van der Waals surface area contributed by atoms with Crippen LogP contribution in [0, 0.1) is 0 Å². The highest BCUT2D eigenvalue weighted by atomic mass is 16.6. The van der Waals surface area contributed by atoms with Crippen LogP contribution in [0.5, 0.6) is 0 Å². The zero-order valence-electron chi connectivity index (χ0n) is 18.9. The summed E-state index contributed by atoms with van der Waals surface area (Å²) >= 11 is 0. The third-order valence-corrected chi connectivity index (χ3v) is 4.99. The number of piperazine rings is 1.